The van der Waals surface area contributed by atoms with E-state index in [1.807, 2.05) is 7.05 Å². The summed E-state index contributed by atoms with van der Waals surface area (Å²) in [7, 11) is 1.99. The standard InChI is InChI=1S/C18H29NO/c1-12-6-13(2)8-17(7-12)20-18-14(3)9-16(11-19-5)10-15(18)4/h9-10,12-13,17,19H,6-8,11H2,1-5H3. The number of hydrogen-bond donors (Lipinski definition) is 1. The Bertz CT molecular complexity index is 422. The monoisotopic (exact) mass is 275 g/mol. The zero-order valence-corrected chi connectivity index (χ0v) is 13.6. The summed E-state index contributed by atoms with van der Waals surface area (Å²) in [5.41, 5.74) is 3.86. The first kappa shape index (κ1) is 15.4. The van der Waals surface area contributed by atoms with E-state index in [1.165, 1.54) is 36.0 Å². The van der Waals surface area contributed by atoms with E-state index >= 15 is 0 Å². The fourth-order valence-corrected chi connectivity index (χ4v) is 3.67. The molecule has 2 heteroatoms. The van der Waals surface area contributed by atoms with Crippen LogP contribution in [0.15, 0.2) is 12.1 Å². The van der Waals surface area contributed by atoms with Crippen LogP contribution in [0.2, 0.25) is 0 Å². The van der Waals surface area contributed by atoms with Crippen molar-refractivity contribution in [2.24, 2.45) is 11.8 Å². The van der Waals surface area contributed by atoms with Crippen molar-refractivity contribution in [1.29, 1.82) is 0 Å². The molecular formula is C18H29NO. The van der Waals surface area contributed by atoms with Crippen molar-refractivity contribution in [3.8, 4) is 5.75 Å². The van der Waals surface area contributed by atoms with Gasteiger partial charge in [0.15, 0.2) is 0 Å². The summed E-state index contributed by atoms with van der Waals surface area (Å²) in [6.45, 7) is 9.94. The Morgan fingerprint density at radius 3 is 2.10 bits per heavy atom. The molecule has 1 N–H and O–H groups in total. The fraction of sp³-hybridized carbons (Fsp3) is 0.667. The number of benzene rings is 1. The molecule has 0 saturated heterocycles. The molecule has 1 aliphatic rings. The molecule has 0 amide bonds. The van der Waals surface area contributed by atoms with Crippen LogP contribution in [0.25, 0.3) is 0 Å². The lowest BCUT2D eigenvalue weighted by Gasteiger charge is -2.32. The Kier molecular flexibility index (Phi) is 5.09. The second kappa shape index (κ2) is 6.62. The number of ether oxygens (including phenoxy) is 1. The summed E-state index contributed by atoms with van der Waals surface area (Å²) >= 11 is 0. The van der Waals surface area contributed by atoms with Gasteiger partial charge in [-0.15, -0.1) is 0 Å². The summed E-state index contributed by atoms with van der Waals surface area (Å²) in [6, 6.07) is 4.49. The van der Waals surface area contributed by atoms with Gasteiger partial charge in [0.25, 0.3) is 0 Å². The molecular weight excluding hydrogens is 246 g/mol. The maximum absolute atomic E-state index is 6.37. The van der Waals surface area contributed by atoms with Crippen LogP contribution in [0.4, 0.5) is 0 Å². The van der Waals surface area contributed by atoms with Crippen molar-refractivity contribution in [3.05, 3.63) is 28.8 Å². The lowest BCUT2D eigenvalue weighted by molar-refractivity contribution is 0.0996. The molecule has 0 bridgehead atoms. The van der Waals surface area contributed by atoms with Crippen molar-refractivity contribution >= 4 is 0 Å². The topological polar surface area (TPSA) is 21.3 Å². The van der Waals surface area contributed by atoms with Crippen LogP contribution in [0.3, 0.4) is 0 Å². The molecule has 1 aromatic rings. The molecule has 0 aliphatic heterocycles. The van der Waals surface area contributed by atoms with Crippen LogP contribution in [0.5, 0.6) is 5.75 Å². The van der Waals surface area contributed by atoms with E-state index in [1.54, 1.807) is 0 Å². The highest BCUT2D eigenvalue weighted by molar-refractivity contribution is 5.43. The lowest BCUT2D eigenvalue weighted by atomic mass is 9.81. The highest BCUT2D eigenvalue weighted by Gasteiger charge is 2.26. The Labute approximate surface area is 123 Å². The second-order valence-electron chi connectivity index (χ2n) is 6.75. The Balaban J connectivity index is 2.12. The van der Waals surface area contributed by atoms with E-state index < -0.39 is 0 Å². The van der Waals surface area contributed by atoms with Crippen molar-refractivity contribution in [3.63, 3.8) is 0 Å². The fourth-order valence-electron chi connectivity index (χ4n) is 3.67. The second-order valence-corrected chi connectivity index (χ2v) is 6.75. The van der Waals surface area contributed by atoms with Gasteiger partial charge in [-0.3, -0.25) is 0 Å². The van der Waals surface area contributed by atoms with Gasteiger partial charge in [0.05, 0.1) is 6.10 Å². The first-order chi connectivity index (χ1) is 9.49. The van der Waals surface area contributed by atoms with Crippen molar-refractivity contribution in [1.82, 2.24) is 5.32 Å². The average Bonchev–Trinajstić information content (AvgIpc) is 2.33. The van der Waals surface area contributed by atoms with E-state index in [2.05, 4.69) is 45.1 Å². The van der Waals surface area contributed by atoms with Gasteiger partial charge in [-0.25, -0.2) is 0 Å². The molecule has 1 aliphatic carbocycles. The normalized spacial score (nSPS) is 26.6. The van der Waals surface area contributed by atoms with Gasteiger partial charge >= 0.3 is 0 Å². The molecule has 1 aromatic carbocycles. The van der Waals surface area contributed by atoms with Crippen LogP contribution in [-0.4, -0.2) is 13.2 Å². The van der Waals surface area contributed by atoms with Crippen molar-refractivity contribution in [2.45, 2.75) is 59.6 Å². The molecule has 2 nitrogen and oxygen atoms in total. The van der Waals surface area contributed by atoms with Crippen LogP contribution < -0.4 is 10.1 Å². The van der Waals surface area contributed by atoms with Crippen LogP contribution >= 0.6 is 0 Å². The minimum absolute atomic E-state index is 0.390. The minimum atomic E-state index is 0.390. The van der Waals surface area contributed by atoms with Gasteiger partial charge in [0, 0.05) is 6.54 Å². The van der Waals surface area contributed by atoms with Crippen molar-refractivity contribution < 1.29 is 4.74 Å². The zero-order chi connectivity index (χ0) is 14.7. The van der Waals surface area contributed by atoms with Gasteiger partial charge in [-0.1, -0.05) is 26.0 Å². The van der Waals surface area contributed by atoms with Crippen LogP contribution in [-0.2, 0) is 6.54 Å². The molecule has 112 valence electrons. The third kappa shape index (κ3) is 3.76. The van der Waals surface area contributed by atoms with Gasteiger partial charge in [-0.05, 0) is 68.7 Å². The van der Waals surface area contributed by atoms with E-state index in [0.29, 0.717) is 6.10 Å². The summed E-state index contributed by atoms with van der Waals surface area (Å²) in [6.07, 6.45) is 4.13. The third-order valence-electron chi connectivity index (χ3n) is 4.32. The highest BCUT2D eigenvalue weighted by atomic mass is 16.5. The van der Waals surface area contributed by atoms with Crippen LogP contribution in [0, 0.1) is 25.7 Å². The zero-order valence-electron chi connectivity index (χ0n) is 13.6. The maximum Gasteiger partial charge on any atom is 0.125 e. The Hall–Kier alpha value is -1.02. The van der Waals surface area contributed by atoms with E-state index in [0.717, 1.165) is 24.1 Å². The summed E-state index contributed by atoms with van der Waals surface area (Å²) in [5, 5.41) is 3.21. The lowest BCUT2D eigenvalue weighted by Crippen LogP contribution is -2.29. The number of nitrogens with one attached hydrogen (secondary N) is 1. The largest absolute Gasteiger partial charge is 0.490 e. The van der Waals surface area contributed by atoms with E-state index in [4.69, 9.17) is 4.74 Å². The first-order valence-electron chi connectivity index (χ1n) is 7.91. The van der Waals surface area contributed by atoms with E-state index in [9.17, 15) is 0 Å². The van der Waals surface area contributed by atoms with Crippen molar-refractivity contribution in [2.75, 3.05) is 7.05 Å². The molecule has 0 heterocycles. The summed E-state index contributed by atoms with van der Waals surface area (Å²) < 4.78 is 6.37. The van der Waals surface area contributed by atoms with Gasteiger partial charge < -0.3 is 10.1 Å². The van der Waals surface area contributed by atoms with Gasteiger partial charge in [-0.2, -0.15) is 0 Å². The number of rotatable bonds is 4. The molecule has 0 spiro atoms. The molecule has 20 heavy (non-hydrogen) atoms. The van der Waals surface area contributed by atoms with Gasteiger partial charge in [0.1, 0.15) is 5.75 Å². The Morgan fingerprint density at radius 2 is 1.60 bits per heavy atom. The van der Waals surface area contributed by atoms with Crippen LogP contribution in [0.1, 0.15) is 49.8 Å². The summed E-state index contributed by atoms with van der Waals surface area (Å²) in [5.74, 6) is 2.68. The molecule has 2 unspecified atom stereocenters. The molecule has 1 saturated carbocycles. The predicted octanol–water partition coefficient (Wildman–Crippen LogP) is 4.23. The molecule has 2 atom stereocenters. The summed E-state index contributed by atoms with van der Waals surface area (Å²) in [4.78, 5) is 0. The highest BCUT2D eigenvalue weighted by Crippen LogP contribution is 2.33. The molecule has 0 aromatic heterocycles. The quantitative estimate of drug-likeness (QED) is 0.888. The first-order valence-corrected chi connectivity index (χ1v) is 7.91. The number of hydrogen-bond acceptors (Lipinski definition) is 2. The SMILES string of the molecule is CNCc1cc(C)c(OC2CC(C)CC(C)C2)c(C)c1. The number of aryl methyl sites for hydroxylation is 2. The molecule has 2 rings (SSSR count). The van der Waals surface area contributed by atoms with Gasteiger partial charge in [0.2, 0.25) is 0 Å². The molecule has 1 fully saturated rings. The molecule has 0 radical (unpaired) electrons. The Morgan fingerprint density at radius 1 is 1.05 bits per heavy atom. The maximum atomic E-state index is 6.37. The third-order valence-corrected chi connectivity index (χ3v) is 4.32. The predicted molar refractivity (Wildman–Crippen MR) is 85.3 cm³/mol. The van der Waals surface area contributed by atoms with E-state index in [-0.39, 0.29) is 0 Å². The average molecular weight is 275 g/mol. The smallest absolute Gasteiger partial charge is 0.125 e. The minimum Gasteiger partial charge on any atom is -0.490 e.